The monoisotopic (exact) mass is 396 g/mol. The Morgan fingerprint density at radius 3 is 2.25 bits per heavy atom. The molecule has 2 aromatic carbocycles. The Hall–Kier alpha value is -2.94. The number of carbonyl (C=O) groups excluding carboxylic acids is 1. The molecule has 0 aliphatic carbocycles. The van der Waals surface area contributed by atoms with Crippen molar-refractivity contribution in [2.24, 2.45) is 0 Å². The maximum atomic E-state index is 14.5. The van der Waals surface area contributed by atoms with Crippen LogP contribution in [0.2, 0.25) is 0 Å². The van der Waals surface area contributed by atoms with E-state index in [2.05, 4.69) is 10.3 Å². The molecule has 2 N–H and O–H groups in total. The Bertz CT molecular complexity index is 1080. The van der Waals surface area contributed by atoms with E-state index in [1.54, 1.807) is 24.3 Å². The van der Waals surface area contributed by atoms with Gasteiger partial charge in [-0.15, -0.1) is 0 Å². The van der Waals surface area contributed by atoms with Gasteiger partial charge in [0.1, 0.15) is 6.04 Å². The number of hydrogen-bond donors (Lipinski definition) is 2. The van der Waals surface area contributed by atoms with Crippen LogP contribution in [0.4, 0.5) is 22.0 Å². The summed E-state index contributed by atoms with van der Waals surface area (Å²) in [5.41, 5.74) is 0.315. The van der Waals surface area contributed by atoms with Gasteiger partial charge in [-0.3, -0.25) is 10.1 Å². The van der Waals surface area contributed by atoms with Crippen LogP contribution in [0.15, 0.2) is 24.3 Å². The molecule has 1 aromatic heterocycles. The number of benzene rings is 2. The molecule has 4 nitrogen and oxygen atoms in total. The molecule has 28 heavy (non-hydrogen) atoms. The van der Waals surface area contributed by atoms with Crippen molar-refractivity contribution in [1.82, 2.24) is 10.3 Å². The molecule has 9 heteroatoms. The lowest BCUT2D eigenvalue weighted by atomic mass is 9.89. The third kappa shape index (κ3) is 2.57. The molecular formula is C19H13F5N2O2. The smallest absolute Gasteiger partial charge is 0.323 e. The molecule has 2 atom stereocenters. The number of esters is 1. The number of halogens is 5. The fraction of sp³-hybridized carbons (Fsp3) is 0.211. The Balaban J connectivity index is 1.99. The molecule has 0 radical (unpaired) electrons. The number of fused-ring (bicyclic) bond motifs is 3. The van der Waals surface area contributed by atoms with Crippen molar-refractivity contribution in [3.63, 3.8) is 0 Å². The minimum absolute atomic E-state index is 0.123. The largest absolute Gasteiger partial charge is 0.468 e. The van der Waals surface area contributed by atoms with Gasteiger partial charge < -0.3 is 9.72 Å². The SMILES string of the molecule is COC(=O)[C@@H]1Cc2c([nH]c3ccccc23)[C@@H](c2c(F)c(F)c(F)c(F)c2F)N1. The lowest BCUT2D eigenvalue weighted by Crippen LogP contribution is -2.46. The van der Waals surface area contributed by atoms with Crippen molar-refractivity contribution in [2.45, 2.75) is 18.5 Å². The second-order valence-electron chi connectivity index (χ2n) is 6.43. The van der Waals surface area contributed by atoms with Crippen LogP contribution in [-0.2, 0) is 16.0 Å². The van der Waals surface area contributed by atoms with Gasteiger partial charge >= 0.3 is 5.97 Å². The molecule has 146 valence electrons. The maximum Gasteiger partial charge on any atom is 0.323 e. The summed E-state index contributed by atoms with van der Waals surface area (Å²) in [6.07, 6.45) is 0.123. The minimum atomic E-state index is -2.24. The average molecular weight is 396 g/mol. The van der Waals surface area contributed by atoms with E-state index in [-0.39, 0.29) is 12.1 Å². The first-order chi connectivity index (χ1) is 13.3. The summed E-state index contributed by atoms with van der Waals surface area (Å²) >= 11 is 0. The highest BCUT2D eigenvalue weighted by atomic mass is 19.2. The summed E-state index contributed by atoms with van der Waals surface area (Å²) in [5.74, 6) is -11.0. The highest BCUT2D eigenvalue weighted by Gasteiger charge is 2.39. The Morgan fingerprint density at radius 1 is 1.00 bits per heavy atom. The molecule has 0 bridgehead atoms. The third-order valence-electron chi connectivity index (χ3n) is 4.93. The predicted molar refractivity (Wildman–Crippen MR) is 89.0 cm³/mol. The number of rotatable bonds is 2. The van der Waals surface area contributed by atoms with Gasteiger partial charge in [0.2, 0.25) is 5.82 Å². The van der Waals surface area contributed by atoms with Crippen LogP contribution in [0.25, 0.3) is 10.9 Å². The van der Waals surface area contributed by atoms with Gasteiger partial charge in [-0.2, -0.15) is 0 Å². The average Bonchev–Trinajstić information content (AvgIpc) is 3.09. The van der Waals surface area contributed by atoms with Crippen LogP contribution >= 0.6 is 0 Å². The number of aromatic amines is 1. The predicted octanol–water partition coefficient (Wildman–Crippen LogP) is 3.64. The molecule has 4 rings (SSSR count). The van der Waals surface area contributed by atoms with Crippen molar-refractivity contribution in [1.29, 1.82) is 0 Å². The number of hydrogen-bond acceptors (Lipinski definition) is 3. The zero-order valence-corrected chi connectivity index (χ0v) is 14.4. The van der Waals surface area contributed by atoms with Gasteiger partial charge in [0.05, 0.1) is 18.7 Å². The topological polar surface area (TPSA) is 54.1 Å². The third-order valence-corrected chi connectivity index (χ3v) is 4.93. The zero-order chi connectivity index (χ0) is 20.2. The standard InChI is InChI=1S/C19H13F5N2O2/c1-28-19(27)10-6-8-7-4-2-3-5-9(7)25-17(8)18(26-10)11-12(20)14(22)16(24)15(23)13(11)21/h2-5,10,18,25-26H,6H2,1H3/t10-,18+/m0/s1. The van der Waals surface area contributed by atoms with Gasteiger partial charge in [0, 0.05) is 23.0 Å². The van der Waals surface area contributed by atoms with Gasteiger partial charge in [0.15, 0.2) is 23.3 Å². The van der Waals surface area contributed by atoms with Crippen molar-refractivity contribution in [3.8, 4) is 0 Å². The van der Waals surface area contributed by atoms with Gasteiger partial charge in [-0.1, -0.05) is 18.2 Å². The molecule has 0 unspecified atom stereocenters. The van der Waals surface area contributed by atoms with Gasteiger partial charge in [-0.25, -0.2) is 22.0 Å². The lowest BCUT2D eigenvalue weighted by molar-refractivity contribution is -0.143. The fourth-order valence-electron chi connectivity index (χ4n) is 3.63. The van der Waals surface area contributed by atoms with E-state index >= 15 is 0 Å². The van der Waals surface area contributed by atoms with Crippen molar-refractivity contribution < 1.29 is 31.5 Å². The van der Waals surface area contributed by atoms with Crippen molar-refractivity contribution in [3.05, 3.63) is 70.2 Å². The van der Waals surface area contributed by atoms with Crippen LogP contribution in [0.5, 0.6) is 0 Å². The molecular weight excluding hydrogens is 383 g/mol. The minimum Gasteiger partial charge on any atom is -0.468 e. The van der Waals surface area contributed by atoms with E-state index in [1.807, 2.05) is 0 Å². The Labute approximate surface area is 155 Å². The molecule has 0 fully saturated rings. The number of nitrogens with one attached hydrogen (secondary N) is 2. The number of carbonyl (C=O) groups is 1. The molecule has 0 spiro atoms. The van der Waals surface area contributed by atoms with Crippen LogP contribution in [0, 0.1) is 29.1 Å². The summed E-state index contributed by atoms with van der Waals surface area (Å²) in [5, 5.41) is 3.33. The van der Waals surface area contributed by atoms with Crippen LogP contribution in [-0.4, -0.2) is 24.1 Å². The number of H-pyrrole nitrogens is 1. The highest BCUT2D eigenvalue weighted by molar-refractivity contribution is 5.87. The van der Waals surface area contributed by atoms with Gasteiger partial charge in [-0.05, 0) is 11.6 Å². The number of methoxy groups -OCH3 is 1. The van der Waals surface area contributed by atoms with E-state index in [4.69, 9.17) is 4.74 Å². The van der Waals surface area contributed by atoms with E-state index in [0.717, 1.165) is 7.11 Å². The lowest BCUT2D eigenvalue weighted by Gasteiger charge is -2.30. The van der Waals surface area contributed by atoms with Crippen LogP contribution in [0.1, 0.15) is 22.9 Å². The van der Waals surface area contributed by atoms with E-state index in [1.165, 1.54) is 0 Å². The fourth-order valence-corrected chi connectivity index (χ4v) is 3.63. The number of ether oxygens (including phenoxy) is 1. The summed E-state index contributed by atoms with van der Waals surface area (Å²) < 4.78 is 74.6. The van der Waals surface area contributed by atoms with Crippen LogP contribution < -0.4 is 5.32 Å². The first-order valence-corrected chi connectivity index (χ1v) is 8.29. The zero-order valence-electron chi connectivity index (χ0n) is 14.4. The van der Waals surface area contributed by atoms with E-state index in [9.17, 15) is 26.7 Å². The first-order valence-electron chi connectivity index (χ1n) is 8.29. The Kier molecular flexibility index (Phi) is 4.34. The van der Waals surface area contributed by atoms with Crippen molar-refractivity contribution >= 4 is 16.9 Å². The second-order valence-corrected chi connectivity index (χ2v) is 6.43. The second kappa shape index (κ2) is 6.59. The Morgan fingerprint density at radius 2 is 1.61 bits per heavy atom. The number of aromatic nitrogens is 1. The van der Waals surface area contributed by atoms with Crippen molar-refractivity contribution in [2.75, 3.05) is 7.11 Å². The summed E-state index contributed by atoms with van der Waals surface area (Å²) in [6.45, 7) is 0. The normalized spacial score (nSPS) is 18.9. The quantitative estimate of drug-likeness (QED) is 0.301. The highest BCUT2D eigenvalue weighted by Crippen LogP contribution is 2.38. The summed E-state index contributed by atoms with van der Waals surface area (Å²) in [4.78, 5) is 15.0. The molecule has 3 aromatic rings. The van der Waals surface area contributed by atoms with Crippen LogP contribution in [0.3, 0.4) is 0 Å². The van der Waals surface area contributed by atoms with E-state index < -0.39 is 52.7 Å². The van der Waals surface area contributed by atoms with Gasteiger partial charge in [0.25, 0.3) is 0 Å². The molecule has 1 aliphatic rings. The molecule has 2 heterocycles. The maximum absolute atomic E-state index is 14.5. The summed E-state index contributed by atoms with van der Waals surface area (Å²) in [7, 11) is 1.14. The molecule has 0 amide bonds. The van der Waals surface area contributed by atoms with E-state index in [0.29, 0.717) is 16.5 Å². The first kappa shape index (κ1) is 18.4. The summed E-state index contributed by atoms with van der Waals surface area (Å²) in [6, 6.07) is 4.40. The number of para-hydroxylation sites is 1. The molecule has 0 saturated heterocycles. The molecule has 0 saturated carbocycles. The molecule has 1 aliphatic heterocycles.